The van der Waals surface area contributed by atoms with E-state index in [-0.39, 0.29) is 28.9 Å². The molecule has 3 heterocycles. The summed E-state index contributed by atoms with van der Waals surface area (Å²) in [5.41, 5.74) is 0.531. The Bertz CT molecular complexity index is 1190. The molecule has 0 amide bonds. The van der Waals surface area contributed by atoms with Crippen LogP contribution in [0.3, 0.4) is 0 Å². The summed E-state index contributed by atoms with van der Waals surface area (Å²) in [4.78, 5) is 23.6. The number of hydrogen-bond acceptors (Lipinski definition) is 7. The Balaban J connectivity index is 1.82. The summed E-state index contributed by atoms with van der Waals surface area (Å²) in [6, 6.07) is 2.66. The number of nitrogens with zero attached hydrogens (tertiary/aromatic N) is 5. The van der Waals surface area contributed by atoms with Gasteiger partial charge in [-0.1, -0.05) is 0 Å². The maximum atomic E-state index is 15.2. The number of carboxylic acid groups (broad SMARTS) is 1. The number of pyridine rings is 1. The van der Waals surface area contributed by atoms with E-state index < -0.39 is 35.5 Å². The van der Waals surface area contributed by atoms with Gasteiger partial charge in [0.1, 0.15) is 11.5 Å². The van der Waals surface area contributed by atoms with Crippen LogP contribution >= 0.6 is 0 Å². The lowest BCUT2D eigenvalue weighted by Crippen LogP contribution is -2.30. The predicted molar refractivity (Wildman–Crippen MR) is 101 cm³/mol. The highest BCUT2D eigenvalue weighted by molar-refractivity contribution is 5.88. The molecule has 154 valence electrons. The number of aromatic amines is 1. The number of nitrogens with one attached hydrogen (secondary N) is 2. The number of rotatable bonds is 6. The Morgan fingerprint density at radius 1 is 1.40 bits per heavy atom. The second-order valence-corrected chi connectivity index (χ2v) is 7.35. The Kier molecular flexibility index (Phi) is 4.77. The zero-order valence-corrected chi connectivity index (χ0v) is 16.0. The molecule has 4 atom stereocenters. The molecule has 0 spiro atoms. The number of fused-ring (bicyclic) bond motifs is 1. The van der Waals surface area contributed by atoms with Crippen LogP contribution in [0.1, 0.15) is 31.9 Å². The first-order valence-electron chi connectivity index (χ1n) is 9.26. The molecule has 3 aromatic heterocycles. The summed E-state index contributed by atoms with van der Waals surface area (Å²) < 4.78 is 28.8. The number of hydrogen-bond donors (Lipinski definition) is 3. The molecule has 9 nitrogen and oxygen atoms in total. The third-order valence-corrected chi connectivity index (χ3v) is 5.28. The van der Waals surface area contributed by atoms with Crippen LogP contribution in [-0.2, 0) is 4.79 Å². The van der Waals surface area contributed by atoms with Gasteiger partial charge >= 0.3 is 5.97 Å². The van der Waals surface area contributed by atoms with Crippen molar-refractivity contribution in [1.82, 2.24) is 25.1 Å². The van der Waals surface area contributed by atoms with E-state index in [4.69, 9.17) is 5.26 Å². The summed E-state index contributed by atoms with van der Waals surface area (Å²) in [5, 5.41) is 28.2. The molecule has 1 aliphatic carbocycles. The molecular weight excluding hydrogens is 396 g/mol. The molecule has 1 saturated carbocycles. The van der Waals surface area contributed by atoms with Crippen LogP contribution < -0.4 is 5.32 Å². The normalized spacial score (nSPS) is 19.8. The van der Waals surface area contributed by atoms with Crippen molar-refractivity contribution in [3.05, 3.63) is 29.6 Å². The van der Waals surface area contributed by atoms with Gasteiger partial charge < -0.3 is 10.4 Å². The number of carbonyl (C=O) groups is 1. The van der Waals surface area contributed by atoms with Crippen LogP contribution in [0.2, 0.25) is 0 Å². The summed E-state index contributed by atoms with van der Waals surface area (Å²) in [6.07, 6.45) is 1.49. The molecule has 0 unspecified atom stereocenters. The molecule has 0 radical (unpaired) electrons. The fourth-order valence-electron chi connectivity index (χ4n) is 3.15. The van der Waals surface area contributed by atoms with Gasteiger partial charge in [-0.2, -0.15) is 10.4 Å². The molecule has 0 bridgehead atoms. The van der Waals surface area contributed by atoms with E-state index in [1.165, 1.54) is 13.0 Å². The Labute approximate surface area is 169 Å². The lowest BCUT2D eigenvalue weighted by atomic mass is 10.0. The standard InChI is InChI=1S/C19H17F2N7O2/c1-7(19(29)30)8(2)24-17-13(21)14(11-3-9(11)5-22)25-18(26-17)15-12-4-10(20)6-23-16(12)28-27-15/h4,6-9,11H,3H2,1-2H3,(H,29,30)(H,23,27,28)(H,24,25,26)/t7-,8-,9-,11+/m0/s1. The molecule has 11 heteroatoms. The fraction of sp³-hybridized carbons (Fsp3) is 0.368. The lowest BCUT2D eigenvalue weighted by molar-refractivity contribution is -0.141. The smallest absolute Gasteiger partial charge is 0.308 e. The van der Waals surface area contributed by atoms with Crippen molar-refractivity contribution in [2.24, 2.45) is 11.8 Å². The van der Waals surface area contributed by atoms with Gasteiger partial charge in [0.25, 0.3) is 0 Å². The van der Waals surface area contributed by atoms with Crippen molar-refractivity contribution >= 4 is 22.8 Å². The average Bonchev–Trinajstić information content (AvgIpc) is 3.39. The zero-order chi connectivity index (χ0) is 21.6. The number of halogens is 2. The molecule has 0 saturated heterocycles. The maximum absolute atomic E-state index is 15.2. The number of aliphatic carboxylic acids is 1. The first-order valence-corrected chi connectivity index (χ1v) is 9.26. The SMILES string of the molecule is C[C@H](Nc1nc(-c2n[nH]c3ncc(F)cc23)nc([C@@H]2C[C@H]2C#N)c1F)[C@H](C)C(=O)O. The van der Waals surface area contributed by atoms with Crippen LogP contribution in [0.4, 0.5) is 14.6 Å². The summed E-state index contributed by atoms with van der Waals surface area (Å²) >= 11 is 0. The second kappa shape index (κ2) is 7.29. The number of aromatic nitrogens is 5. The number of carboxylic acids is 1. The van der Waals surface area contributed by atoms with Crippen LogP contribution in [0.5, 0.6) is 0 Å². The highest BCUT2D eigenvalue weighted by Gasteiger charge is 2.43. The van der Waals surface area contributed by atoms with E-state index in [2.05, 4.69) is 36.5 Å². The molecule has 3 N–H and O–H groups in total. The maximum Gasteiger partial charge on any atom is 0.308 e. The second-order valence-electron chi connectivity index (χ2n) is 7.35. The van der Waals surface area contributed by atoms with E-state index in [0.29, 0.717) is 17.5 Å². The van der Waals surface area contributed by atoms with E-state index in [1.807, 2.05) is 0 Å². The van der Waals surface area contributed by atoms with E-state index in [1.54, 1.807) is 6.92 Å². The first-order chi connectivity index (χ1) is 14.3. The van der Waals surface area contributed by atoms with Gasteiger partial charge in [0.15, 0.2) is 23.1 Å². The molecule has 30 heavy (non-hydrogen) atoms. The van der Waals surface area contributed by atoms with Crippen molar-refractivity contribution in [3.8, 4) is 17.6 Å². The van der Waals surface area contributed by atoms with Crippen LogP contribution in [0.25, 0.3) is 22.6 Å². The van der Waals surface area contributed by atoms with Crippen LogP contribution in [-0.4, -0.2) is 42.3 Å². The summed E-state index contributed by atoms with van der Waals surface area (Å²) in [5.74, 6) is -4.12. The van der Waals surface area contributed by atoms with E-state index >= 15 is 4.39 Å². The van der Waals surface area contributed by atoms with Crippen molar-refractivity contribution in [2.45, 2.75) is 32.2 Å². The van der Waals surface area contributed by atoms with Gasteiger partial charge in [0, 0.05) is 12.0 Å². The molecule has 4 rings (SSSR count). The molecule has 1 aliphatic rings. The number of H-pyrrole nitrogens is 1. The van der Waals surface area contributed by atoms with Crippen molar-refractivity contribution in [2.75, 3.05) is 5.32 Å². The Hall–Kier alpha value is -3.68. The first kappa shape index (κ1) is 19.6. The largest absolute Gasteiger partial charge is 0.481 e. The predicted octanol–water partition coefficient (Wildman–Crippen LogP) is 2.84. The van der Waals surface area contributed by atoms with Crippen molar-refractivity contribution in [3.63, 3.8) is 0 Å². The number of anilines is 1. The van der Waals surface area contributed by atoms with Crippen molar-refractivity contribution in [1.29, 1.82) is 5.26 Å². The molecule has 3 aromatic rings. The Morgan fingerprint density at radius 3 is 2.83 bits per heavy atom. The Morgan fingerprint density at radius 2 is 2.17 bits per heavy atom. The summed E-state index contributed by atoms with van der Waals surface area (Å²) in [6.45, 7) is 3.08. The highest BCUT2D eigenvalue weighted by Crippen LogP contribution is 2.48. The highest BCUT2D eigenvalue weighted by atomic mass is 19.1. The van der Waals surface area contributed by atoms with Gasteiger partial charge in [-0.15, -0.1) is 0 Å². The minimum Gasteiger partial charge on any atom is -0.481 e. The minimum atomic E-state index is -1.04. The van der Waals surface area contributed by atoms with Gasteiger partial charge in [0.05, 0.1) is 35.2 Å². The van der Waals surface area contributed by atoms with Gasteiger partial charge in [-0.25, -0.2) is 23.7 Å². The van der Waals surface area contributed by atoms with Gasteiger partial charge in [0.2, 0.25) is 0 Å². The van der Waals surface area contributed by atoms with Crippen LogP contribution in [0, 0.1) is 34.8 Å². The third-order valence-electron chi connectivity index (χ3n) is 5.28. The fourth-order valence-corrected chi connectivity index (χ4v) is 3.15. The quantitative estimate of drug-likeness (QED) is 0.560. The topological polar surface area (TPSA) is 140 Å². The average molecular weight is 413 g/mol. The number of nitriles is 1. The van der Waals surface area contributed by atoms with E-state index in [9.17, 15) is 14.3 Å². The van der Waals surface area contributed by atoms with E-state index in [0.717, 1.165) is 6.20 Å². The lowest BCUT2D eigenvalue weighted by Gasteiger charge is -2.19. The van der Waals surface area contributed by atoms with Crippen molar-refractivity contribution < 1.29 is 18.7 Å². The minimum absolute atomic E-state index is 0.0197. The molecule has 1 fully saturated rings. The van der Waals surface area contributed by atoms with Crippen LogP contribution in [0.15, 0.2) is 12.3 Å². The summed E-state index contributed by atoms with van der Waals surface area (Å²) in [7, 11) is 0. The third kappa shape index (κ3) is 3.41. The monoisotopic (exact) mass is 413 g/mol. The van der Waals surface area contributed by atoms with Gasteiger partial charge in [-0.3, -0.25) is 9.89 Å². The molecule has 0 aliphatic heterocycles. The van der Waals surface area contributed by atoms with Gasteiger partial charge in [-0.05, 0) is 26.3 Å². The molecular formula is C19H17F2N7O2. The molecule has 0 aromatic carbocycles. The zero-order valence-electron chi connectivity index (χ0n) is 16.0.